The summed E-state index contributed by atoms with van der Waals surface area (Å²) in [6, 6.07) is 13.2. The van der Waals surface area contributed by atoms with Crippen molar-refractivity contribution in [2.75, 3.05) is 7.11 Å². The van der Waals surface area contributed by atoms with Crippen molar-refractivity contribution in [2.45, 2.75) is 26.0 Å². The van der Waals surface area contributed by atoms with Gasteiger partial charge in [-0.3, -0.25) is 0 Å². The van der Waals surface area contributed by atoms with Crippen molar-refractivity contribution in [3.8, 4) is 5.75 Å². The van der Waals surface area contributed by atoms with E-state index in [9.17, 15) is 31.1 Å². The predicted molar refractivity (Wildman–Crippen MR) is 126 cm³/mol. The number of aromatic nitrogens is 2. The maximum Gasteiger partial charge on any atom is 0.573 e. The number of aryl methyl sites for hydroxylation is 2. The maximum atomic E-state index is 13.6. The van der Waals surface area contributed by atoms with Crippen molar-refractivity contribution in [1.29, 1.82) is 0 Å². The molecule has 0 radical (unpaired) electrons. The Labute approximate surface area is 212 Å². The van der Waals surface area contributed by atoms with Crippen LogP contribution in [0.3, 0.4) is 0 Å². The van der Waals surface area contributed by atoms with Gasteiger partial charge in [0.15, 0.2) is 0 Å². The van der Waals surface area contributed by atoms with Gasteiger partial charge in [-0.2, -0.15) is 13.2 Å². The molecule has 1 heterocycles. The second-order valence-corrected chi connectivity index (χ2v) is 8.45. The molecule has 0 saturated heterocycles. The number of nitrogens with zero attached hydrogens (tertiary/aromatic N) is 3. The monoisotopic (exact) mass is 537 g/mol. The molecule has 3 aromatic carbocycles. The number of methoxy groups -OCH3 is 1. The van der Waals surface area contributed by atoms with E-state index in [1.165, 1.54) is 31.4 Å². The Kier molecular flexibility index (Phi) is 7.00. The summed E-state index contributed by atoms with van der Waals surface area (Å²) in [6.45, 7) is 1.65. The van der Waals surface area contributed by atoms with Crippen molar-refractivity contribution in [3.63, 3.8) is 0 Å². The lowest BCUT2D eigenvalue weighted by atomic mass is 10.1. The molecule has 0 aliphatic carbocycles. The third-order valence-corrected chi connectivity index (χ3v) is 5.79. The Balaban J connectivity index is 1.89. The number of halogens is 6. The minimum atomic E-state index is -4.85. The van der Waals surface area contributed by atoms with E-state index in [0.29, 0.717) is 22.2 Å². The zero-order chi connectivity index (χ0) is 27.8. The zero-order valence-electron chi connectivity index (χ0n) is 20.3. The van der Waals surface area contributed by atoms with Gasteiger partial charge in [0.2, 0.25) is 5.62 Å². The lowest BCUT2D eigenvalue weighted by molar-refractivity contribution is -0.274. The van der Waals surface area contributed by atoms with E-state index < -0.39 is 29.8 Å². The molecule has 4 aromatic rings. The van der Waals surface area contributed by atoms with Gasteiger partial charge in [-0.15, -0.1) is 13.2 Å². The molecule has 0 bridgehead atoms. The number of alkyl halides is 6. The largest absolute Gasteiger partial charge is 0.573 e. The minimum absolute atomic E-state index is 0.0909. The van der Waals surface area contributed by atoms with Gasteiger partial charge >= 0.3 is 18.5 Å². The highest BCUT2D eigenvalue weighted by Crippen LogP contribution is 2.33. The fourth-order valence-corrected chi connectivity index (χ4v) is 4.13. The van der Waals surface area contributed by atoms with Gasteiger partial charge in [-0.1, -0.05) is 12.1 Å². The van der Waals surface area contributed by atoms with E-state index in [1.54, 1.807) is 35.2 Å². The quantitative estimate of drug-likeness (QED) is 0.223. The number of hydrogen-bond donors (Lipinski definition) is 0. The van der Waals surface area contributed by atoms with Gasteiger partial charge in [0, 0.05) is 7.05 Å². The van der Waals surface area contributed by atoms with Gasteiger partial charge in [-0.05, 0) is 66.6 Å². The van der Waals surface area contributed by atoms with Gasteiger partial charge in [0.1, 0.15) is 5.75 Å². The molecule has 0 spiro atoms. The smallest absolute Gasteiger partial charge is 0.465 e. The standard InChI is InChI=1S/C26H21F6N3O3/c1-15-12-18(25(27,28)29)13-21-22(15)34(2)24(33-19-8-10-20(11-9-19)38-26(30,31)32)35(21)14-16-4-6-17(7-5-16)23(36)37-3/h4-13H,14H2,1-3H3/b33-24-. The van der Waals surface area contributed by atoms with E-state index in [-0.39, 0.29) is 23.4 Å². The first kappa shape index (κ1) is 26.8. The Bertz CT molecular complexity index is 1550. The van der Waals surface area contributed by atoms with E-state index in [2.05, 4.69) is 9.73 Å². The predicted octanol–water partition coefficient (Wildman–Crippen LogP) is 6.27. The Morgan fingerprint density at radius 2 is 1.58 bits per heavy atom. The molecule has 6 nitrogen and oxygen atoms in total. The van der Waals surface area contributed by atoms with Crippen molar-refractivity contribution < 1.29 is 40.6 Å². The lowest BCUT2D eigenvalue weighted by Gasteiger charge is -2.11. The molecule has 4 rings (SSSR count). The molecule has 200 valence electrons. The summed E-state index contributed by atoms with van der Waals surface area (Å²) in [6.07, 6.45) is -9.44. The number of rotatable bonds is 5. The fraction of sp³-hybridized carbons (Fsp3) is 0.231. The SMILES string of the molecule is COC(=O)c1ccc(Cn2/c(=N\c3ccc(OC(F)(F)F)cc3)n(C)c3c(C)cc(C(F)(F)F)cc32)cc1. The summed E-state index contributed by atoms with van der Waals surface area (Å²) < 4.78 is 90.2. The molecule has 0 N–H and O–H groups in total. The van der Waals surface area contributed by atoms with Crippen LogP contribution in [0.15, 0.2) is 65.7 Å². The summed E-state index contributed by atoms with van der Waals surface area (Å²) in [4.78, 5) is 16.3. The second kappa shape index (κ2) is 9.92. The molecule has 0 amide bonds. The summed E-state index contributed by atoms with van der Waals surface area (Å²) >= 11 is 0. The van der Waals surface area contributed by atoms with Crippen molar-refractivity contribution >= 4 is 22.7 Å². The molecular formula is C26H21F6N3O3. The van der Waals surface area contributed by atoms with Gasteiger partial charge in [0.25, 0.3) is 0 Å². The molecule has 0 fully saturated rings. The lowest BCUT2D eigenvalue weighted by Crippen LogP contribution is -2.24. The third kappa shape index (κ3) is 5.68. The molecule has 0 unspecified atom stereocenters. The minimum Gasteiger partial charge on any atom is -0.465 e. The van der Waals surface area contributed by atoms with Crippen LogP contribution in [0.1, 0.15) is 27.0 Å². The first-order chi connectivity index (χ1) is 17.8. The Morgan fingerprint density at radius 1 is 0.947 bits per heavy atom. The number of imidazole rings is 1. The van der Waals surface area contributed by atoms with Crippen LogP contribution in [-0.4, -0.2) is 28.6 Å². The average molecular weight is 537 g/mol. The number of carbonyl (C=O) groups excluding carboxylic acids is 1. The van der Waals surface area contributed by atoms with E-state index in [1.807, 2.05) is 0 Å². The number of hydrogen-bond acceptors (Lipinski definition) is 4. The molecule has 0 atom stereocenters. The number of benzene rings is 3. The molecule has 38 heavy (non-hydrogen) atoms. The summed E-state index contributed by atoms with van der Waals surface area (Å²) in [5.41, 5.74) is 1.77. The van der Waals surface area contributed by atoms with Gasteiger partial charge in [-0.25, -0.2) is 9.79 Å². The summed E-state index contributed by atoms with van der Waals surface area (Å²) in [5, 5.41) is 0. The highest BCUT2D eigenvalue weighted by Gasteiger charge is 2.32. The van der Waals surface area contributed by atoms with Crippen LogP contribution >= 0.6 is 0 Å². The molecule has 0 aliphatic heterocycles. The molecule has 12 heteroatoms. The van der Waals surface area contributed by atoms with Crippen LogP contribution in [0.4, 0.5) is 32.0 Å². The van der Waals surface area contributed by atoms with Crippen molar-refractivity contribution in [2.24, 2.45) is 12.0 Å². The molecule has 0 saturated carbocycles. The summed E-state index contributed by atoms with van der Waals surface area (Å²) in [7, 11) is 2.89. The Morgan fingerprint density at radius 3 is 2.13 bits per heavy atom. The number of carbonyl (C=O) groups is 1. The second-order valence-electron chi connectivity index (χ2n) is 8.45. The van der Waals surface area contributed by atoms with Gasteiger partial charge in [0.05, 0.1) is 41.5 Å². The maximum absolute atomic E-state index is 13.6. The number of ether oxygens (including phenoxy) is 2. The number of esters is 1. The topological polar surface area (TPSA) is 57.8 Å². The van der Waals surface area contributed by atoms with Crippen molar-refractivity contribution in [1.82, 2.24) is 9.13 Å². The van der Waals surface area contributed by atoms with Crippen LogP contribution in [0.25, 0.3) is 11.0 Å². The fourth-order valence-electron chi connectivity index (χ4n) is 4.13. The van der Waals surface area contributed by atoms with E-state index >= 15 is 0 Å². The molecule has 0 aliphatic rings. The van der Waals surface area contributed by atoms with E-state index in [0.717, 1.165) is 24.3 Å². The summed E-state index contributed by atoms with van der Waals surface area (Å²) in [5.74, 6) is -0.967. The highest BCUT2D eigenvalue weighted by atomic mass is 19.4. The number of fused-ring (bicyclic) bond motifs is 1. The van der Waals surface area contributed by atoms with Gasteiger partial charge < -0.3 is 18.6 Å². The Hall–Kier alpha value is -4.22. The highest BCUT2D eigenvalue weighted by molar-refractivity contribution is 5.89. The van der Waals surface area contributed by atoms with Crippen LogP contribution in [0.5, 0.6) is 5.75 Å². The molecular weight excluding hydrogens is 516 g/mol. The third-order valence-electron chi connectivity index (χ3n) is 5.79. The molecule has 1 aromatic heterocycles. The zero-order valence-corrected chi connectivity index (χ0v) is 20.3. The van der Waals surface area contributed by atoms with Crippen LogP contribution in [0, 0.1) is 6.92 Å². The first-order valence-corrected chi connectivity index (χ1v) is 11.1. The van der Waals surface area contributed by atoms with Crippen molar-refractivity contribution in [3.05, 3.63) is 88.5 Å². The first-order valence-electron chi connectivity index (χ1n) is 11.1. The van der Waals surface area contributed by atoms with E-state index in [4.69, 9.17) is 4.74 Å². The average Bonchev–Trinajstić information content (AvgIpc) is 3.10. The van der Waals surface area contributed by atoms with Crippen LogP contribution in [0.2, 0.25) is 0 Å². The normalized spacial score (nSPS) is 12.7. The van der Waals surface area contributed by atoms with Crippen LogP contribution < -0.4 is 10.4 Å². The van der Waals surface area contributed by atoms with Crippen LogP contribution in [-0.2, 0) is 24.5 Å².